The number of H-pyrrole nitrogens is 2. The molecule has 2 aromatic heterocycles. The van der Waals surface area contributed by atoms with Crippen LogP contribution in [0.3, 0.4) is 0 Å². The van der Waals surface area contributed by atoms with Gasteiger partial charge >= 0.3 is 0 Å². The number of halogens is 2. The Kier molecular flexibility index (Phi) is 4.91. The summed E-state index contributed by atoms with van der Waals surface area (Å²) >= 11 is 0. The summed E-state index contributed by atoms with van der Waals surface area (Å²) in [6.07, 6.45) is 12.3. The highest BCUT2D eigenvalue weighted by Gasteiger charge is 2.50. The second-order valence-electron chi connectivity index (χ2n) is 14.0. The summed E-state index contributed by atoms with van der Waals surface area (Å²) in [4.78, 5) is 19.1. The van der Waals surface area contributed by atoms with E-state index in [9.17, 15) is 0 Å². The fraction of sp³-hybridized carbons (Fsp3) is 0.429. The molecule has 2 bridgehead atoms. The van der Waals surface area contributed by atoms with Crippen molar-refractivity contribution in [2.24, 2.45) is 11.3 Å². The summed E-state index contributed by atoms with van der Waals surface area (Å²) in [6.45, 7) is 3.37. The molecule has 0 amide bonds. The van der Waals surface area contributed by atoms with Crippen molar-refractivity contribution >= 4 is 16.6 Å². The van der Waals surface area contributed by atoms with E-state index in [-0.39, 0.29) is 29.5 Å². The first-order valence-corrected chi connectivity index (χ1v) is 15.9. The Hall–Kier alpha value is -3.62. The molecule has 3 aliphatic carbocycles. The largest absolute Gasteiger partial charge is 0.344 e. The zero-order chi connectivity index (χ0) is 28.5. The highest BCUT2D eigenvalue weighted by atomic mass is 19.3. The molecule has 3 aliphatic heterocycles. The van der Waals surface area contributed by atoms with E-state index < -0.39 is 5.92 Å². The third-order valence-corrected chi connectivity index (χ3v) is 11.4. The van der Waals surface area contributed by atoms with Gasteiger partial charge in [0.1, 0.15) is 11.6 Å². The van der Waals surface area contributed by atoms with Crippen LogP contribution in [0, 0.1) is 11.3 Å². The second-order valence-corrected chi connectivity index (χ2v) is 14.0. The van der Waals surface area contributed by atoms with E-state index >= 15 is 8.78 Å². The number of fused-ring (bicyclic) bond motifs is 5. The summed E-state index contributed by atoms with van der Waals surface area (Å²) in [6, 6.07) is 12.3. The van der Waals surface area contributed by atoms with Gasteiger partial charge in [0.15, 0.2) is 0 Å². The number of nitrogens with zero attached hydrogens (tertiary/aromatic N) is 3. The molecular weight excluding hydrogens is 542 g/mol. The molecule has 6 aliphatic rings. The van der Waals surface area contributed by atoms with E-state index in [4.69, 9.17) is 4.98 Å². The van der Waals surface area contributed by atoms with Crippen LogP contribution in [0.5, 0.6) is 0 Å². The van der Waals surface area contributed by atoms with Crippen LogP contribution < -0.4 is 5.32 Å². The third-order valence-electron chi connectivity index (χ3n) is 11.4. The van der Waals surface area contributed by atoms with E-state index in [1.54, 1.807) is 6.07 Å². The number of hydrogen-bond acceptors (Lipinski definition) is 4. The van der Waals surface area contributed by atoms with Gasteiger partial charge in [-0.25, -0.2) is 9.97 Å². The van der Waals surface area contributed by atoms with E-state index in [2.05, 4.69) is 37.3 Å². The molecule has 4 aromatic rings. The summed E-state index contributed by atoms with van der Waals surface area (Å²) in [5.74, 6) is -0.488. The number of aromatic amines is 2. The fourth-order valence-electron chi connectivity index (χ4n) is 8.70. The maximum Gasteiger partial charge on any atom is 0.296 e. The molecule has 10 rings (SSSR count). The molecule has 43 heavy (non-hydrogen) atoms. The number of alkyl halides is 2. The van der Waals surface area contributed by atoms with Crippen molar-refractivity contribution in [1.82, 2.24) is 30.2 Å². The first-order valence-electron chi connectivity index (χ1n) is 15.9. The van der Waals surface area contributed by atoms with Gasteiger partial charge in [-0.1, -0.05) is 30.4 Å². The smallest absolute Gasteiger partial charge is 0.296 e. The molecule has 1 saturated carbocycles. The normalized spacial score (nSPS) is 31.0. The van der Waals surface area contributed by atoms with Gasteiger partial charge in [0.05, 0.1) is 23.1 Å². The average molecular weight is 577 g/mol. The third kappa shape index (κ3) is 3.62. The average Bonchev–Trinajstić information content (AvgIpc) is 3.37. The van der Waals surface area contributed by atoms with Crippen molar-refractivity contribution in [3.63, 3.8) is 0 Å². The van der Waals surface area contributed by atoms with Gasteiger partial charge in [-0.3, -0.25) is 4.90 Å². The molecular formula is C35H34F2N6. The Balaban J connectivity index is 0.915. The Labute approximate surface area is 248 Å². The van der Waals surface area contributed by atoms with Crippen molar-refractivity contribution in [1.29, 1.82) is 0 Å². The van der Waals surface area contributed by atoms with Gasteiger partial charge in [-0.05, 0) is 96.9 Å². The predicted octanol–water partition coefficient (Wildman–Crippen LogP) is 7.14. The summed E-state index contributed by atoms with van der Waals surface area (Å²) < 4.78 is 32.3. The maximum atomic E-state index is 16.2. The zero-order valence-electron chi connectivity index (χ0n) is 24.0. The zero-order valence-corrected chi connectivity index (χ0v) is 24.0. The lowest BCUT2D eigenvalue weighted by atomic mass is 9.80. The van der Waals surface area contributed by atoms with Crippen molar-refractivity contribution in [2.45, 2.75) is 62.4 Å². The van der Waals surface area contributed by atoms with E-state index in [0.29, 0.717) is 28.5 Å². The van der Waals surface area contributed by atoms with Crippen LogP contribution in [0.1, 0.15) is 85.0 Å². The molecule has 0 radical (unpaired) electrons. The molecule has 8 heteroatoms. The minimum Gasteiger partial charge on any atom is -0.344 e. The lowest BCUT2D eigenvalue weighted by Crippen LogP contribution is -2.53. The quantitative estimate of drug-likeness (QED) is 0.242. The number of nitrogens with one attached hydrogen (secondary N) is 3. The number of aromatic nitrogens is 4. The number of allylic oxidation sites excluding steroid dienone is 4. The first-order chi connectivity index (χ1) is 20.9. The minimum atomic E-state index is -3.01. The summed E-state index contributed by atoms with van der Waals surface area (Å²) in [5.41, 5.74) is 6.65. The molecule has 5 unspecified atom stereocenters. The summed E-state index contributed by atoms with van der Waals surface area (Å²) in [7, 11) is 0. The molecule has 3 N–H and O–H groups in total. The van der Waals surface area contributed by atoms with E-state index in [1.807, 2.05) is 36.5 Å². The molecule has 5 atom stereocenters. The molecule has 1 spiro atoms. The van der Waals surface area contributed by atoms with Crippen molar-refractivity contribution in [3.8, 4) is 11.1 Å². The van der Waals surface area contributed by atoms with Crippen molar-refractivity contribution in [2.75, 3.05) is 19.6 Å². The molecule has 6 nitrogen and oxygen atoms in total. The molecule has 5 heterocycles. The number of benzene rings is 2. The number of piperidine rings is 2. The molecule has 4 fully saturated rings. The van der Waals surface area contributed by atoms with Crippen LogP contribution in [0.25, 0.3) is 27.7 Å². The van der Waals surface area contributed by atoms with Gasteiger partial charge in [0.25, 0.3) is 5.92 Å². The standard InChI is InChI=1S/C35H34F2N6/c36-35(37)25-12-19(20-5-8-27-28(14-20)41-33(40-27)31-22-2-1-11-43(31)17-22)3-6-23(25)24-7-4-21(13-26(24)35)30-16-38-32(42-30)29-15-34(9-10-34)18-39-29/h3-8,12,14,16,21-22,29,31,39H,1-2,9-11,13,15,17-18H2,(H,38,42)(H,40,41). The van der Waals surface area contributed by atoms with Crippen molar-refractivity contribution in [3.05, 3.63) is 88.8 Å². The van der Waals surface area contributed by atoms with Crippen LogP contribution in [-0.2, 0) is 5.92 Å². The lowest BCUT2D eigenvalue weighted by molar-refractivity contribution is -0.0347. The van der Waals surface area contributed by atoms with E-state index in [1.165, 1.54) is 32.2 Å². The Morgan fingerprint density at radius 1 is 1.00 bits per heavy atom. The van der Waals surface area contributed by atoms with Gasteiger partial charge in [0, 0.05) is 42.0 Å². The predicted molar refractivity (Wildman–Crippen MR) is 161 cm³/mol. The fourth-order valence-corrected chi connectivity index (χ4v) is 8.70. The highest BCUT2D eigenvalue weighted by molar-refractivity contribution is 5.89. The number of imidazole rings is 2. The highest BCUT2D eigenvalue weighted by Crippen LogP contribution is 2.56. The number of hydrogen-bond donors (Lipinski definition) is 3. The molecule has 2 aromatic carbocycles. The van der Waals surface area contributed by atoms with Gasteiger partial charge in [0.2, 0.25) is 0 Å². The summed E-state index contributed by atoms with van der Waals surface area (Å²) in [5, 5.41) is 3.60. The number of rotatable bonds is 4. The maximum absolute atomic E-state index is 16.2. The van der Waals surface area contributed by atoms with Gasteiger partial charge in [-0.15, -0.1) is 0 Å². The molecule has 3 saturated heterocycles. The second kappa shape index (κ2) is 8.51. The Bertz CT molecular complexity index is 1860. The Morgan fingerprint density at radius 2 is 1.88 bits per heavy atom. The van der Waals surface area contributed by atoms with Crippen LogP contribution in [0.4, 0.5) is 8.78 Å². The first kappa shape index (κ1) is 24.8. The van der Waals surface area contributed by atoms with Crippen molar-refractivity contribution < 1.29 is 8.78 Å². The van der Waals surface area contributed by atoms with Crippen LogP contribution >= 0.6 is 0 Å². The SMILES string of the molecule is FC1(F)C2=C(C=CC(c3cnc(C4CC5(CC5)CN4)[nH]3)C2)c2ccc(-c3ccc4nc(C5C6CCCN5C6)[nH]c4c3)cc21. The monoisotopic (exact) mass is 576 g/mol. The lowest BCUT2D eigenvalue weighted by Gasteiger charge is -2.51. The topological polar surface area (TPSA) is 72.6 Å². The van der Waals surface area contributed by atoms with Crippen LogP contribution in [-0.4, -0.2) is 44.5 Å². The molecule has 218 valence electrons. The van der Waals surface area contributed by atoms with E-state index in [0.717, 1.165) is 59.0 Å². The Morgan fingerprint density at radius 3 is 2.70 bits per heavy atom. The minimum absolute atomic E-state index is 0.107. The van der Waals surface area contributed by atoms with Gasteiger partial charge in [-0.2, -0.15) is 8.78 Å². The van der Waals surface area contributed by atoms with Gasteiger partial charge < -0.3 is 15.3 Å². The van der Waals surface area contributed by atoms with Crippen LogP contribution in [0.15, 0.2) is 60.3 Å². The van der Waals surface area contributed by atoms with Crippen LogP contribution in [0.2, 0.25) is 0 Å².